The van der Waals surface area contributed by atoms with E-state index in [4.69, 9.17) is 0 Å². The molecule has 0 aliphatic carbocycles. The van der Waals surface area contributed by atoms with Crippen molar-refractivity contribution in [3.05, 3.63) is 35.4 Å². The predicted octanol–water partition coefficient (Wildman–Crippen LogP) is 2.15. The number of aliphatic hydroxyl groups is 1. The van der Waals surface area contributed by atoms with Crippen molar-refractivity contribution in [2.45, 2.75) is 45.1 Å². The second-order valence-electron chi connectivity index (χ2n) is 6.68. The minimum atomic E-state index is -0.467. The topological polar surface area (TPSA) is 57.6 Å². The molecule has 21 heavy (non-hydrogen) atoms. The number of Topliss-reactive ketones (excluding diaryl/α,β-unsaturated/α-hetero) is 1. The van der Waals surface area contributed by atoms with Gasteiger partial charge in [-0.05, 0) is 23.8 Å². The second kappa shape index (κ2) is 5.98. The monoisotopic (exact) mass is 289 g/mol. The number of nitrogens with zero attached hydrogens (tertiary/aromatic N) is 1. The van der Waals surface area contributed by atoms with E-state index in [0.29, 0.717) is 31.5 Å². The van der Waals surface area contributed by atoms with Crippen LogP contribution in [0.25, 0.3) is 0 Å². The fourth-order valence-electron chi connectivity index (χ4n) is 2.46. The Morgan fingerprint density at radius 1 is 1.10 bits per heavy atom. The van der Waals surface area contributed by atoms with E-state index in [2.05, 4.69) is 20.8 Å². The first-order valence-electron chi connectivity index (χ1n) is 7.41. The maximum absolute atomic E-state index is 12.2. The fourth-order valence-corrected chi connectivity index (χ4v) is 2.46. The van der Waals surface area contributed by atoms with Gasteiger partial charge in [-0.3, -0.25) is 9.59 Å². The molecule has 1 fully saturated rings. The number of aliphatic hydroxyl groups excluding tert-OH is 1. The van der Waals surface area contributed by atoms with Crippen molar-refractivity contribution in [2.75, 3.05) is 13.1 Å². The SMILES string of the molecule is CC(C)(C)c1ccc(C(=O)C(=O)N2CCC(O)CC2)cc1. The Balaban J connectivity index is 2.07. The van der Waals surface area contributed by atoms with Crippen molar-refractivity contribution in [3.8, 4) is 0 Å². The number of likely N-dealkylation sites (tertiary alicyclic amines) is 1. The summed E-state index contributed by atoms with van der Waals surface area (Å²) in [6.07, 6.45) is 0.736. The number of piperidine rings is 1. The van der Waals surface area contributed by atoms with Crippen LogP contribution in [-0.4, -0.2) is 40.9 Å². The molecule has 0 bridgehead atoms. The van der Waals surface area contributed by atoms with Gasteiger partial charge in [-0.25, -0.2) is 0 Å². The summed E-state index contributed by atoms with van der Waals surface area (Å²) in [6, 6.07) is 7.25. The standard InChI is InChI=1S/C17H23NO3/c1-17(2,3)13-6-4-12(5-7-13)15(20)16(21)18-10-8-14(19)9-11-18/h4-7,14,19H,8-11H2,1-3H3. The highest BCUT2D eigenvalue weighted by molar-refractivity contribution is 6.42. The third-order valence-corrected chi connectivity index (χ3v) is 3.96. The minimum Gasteiger partial charge on any atom is -0.393 e. The van der Waals surface area contributed by atoms with Crippen LogP contribution in [0.1, 0.15) is 49.5 Å². The van der Waals surface area contributed by atoms with Crippen LogP contribution in [0.15, 0.2) is 24.3 Å². The number of benzene rings is 1. The lowest BCUT2D eigenvalue weighted by molar-refractivity contribution is -0.128. The minimum absolute atomic E-state index is 0.0224. The van der Waals surface area contributed by atoms with E-state index in [-0.39, 0.29) is 11.5 Å². The van der Waals surface area contributed by atoms with Crippen molar-refractivity contribution in [3.63, 3.8) is 0 Å². The largest absolute Gasteiger partial charge is 0.393 e. The summed E-state index contributed by atoms with van der Waals surface area (Å²) in [5.74, 6) is -0.933. The van der Waals surface area contributed by atoms with E-state index in [1.807, 2.05) is 12.1 Å². The summed E-state index contributed by atoms with van der Waals surface area (Å²) in [5.41, 5.74) is 1.58. The summed E-state index contributed by atoms with van der Waals surface area (Å²) in [4.78, 5) is 25.9. The van der Waals surface area contributed by atoms with Gasteiger partial charge in [0.2, 0.25) is 5.78 Å². The molecule has 2 rings (SSSR count). The van der Waals surface area contributed by atoms with Crippen molar-refractivity contribution < 1.29 is 14.7 Å². The van der Waals surface area contributed by atoms with Gasteiger partial charge in [0.25, 0.3) is 5.91 Å². The summed E-state index contributed by atoms with van der Waals surface area (Å²) in [5, 5.41) is 9.45. The molecule has 0 aromatic heterocycles. The zero-order valence-corrected chi connectivity index (χ0v) is 12.9. The van der Waals surface area contributed by atoms with E-state index in [1.54, 1.807) is 12.1 Å². The van der Waals surface area contributed by atoms with Gasteiger partial charge < -0.3 is 10.0 Å². The number of rotatable bonds is 2. The maximum Gasteiger partial charge on any atom is 0.294 e. The van der Waals surface area contributed by atoms with Gasteiger partial charge in [0.1, 0.15) is 0 Å². The third-order valence-electron chi connectivity index (χ3n) is 3.96. The highest BCUT2D eigenvalue weighted by Gasteiger charge is 2.27. The Kier molecular flexibility index (Phi) is 4.47. The van der Waals surface area contributed by atoms with E-state index in [9.17, 15) is 14.7 Å². The third kappa shape index (κ3) is 3.70. The molecule has 114 valence electrons. The summed E-state index contributed by atoms with van der Waals surface area (Å²) >= 11 is 0. The first kappa shape index (κ1) is 15.7. The Morgan fingerprint density at radius 2 is 1.62 bits per heavy atom. The van der Waals surface area contributed by atoms with Crippen molar-refractivity contribution in [1.29, 1.82) is 0 Å². The normalized spacial score (nSPS) is 16.9. The average Bonchev–Trinajstić information content (AvgIpc) is 2.46. The Labute approximate surface area is 125 Å². The first-order chi connectivity index (χ1) is 9.79. The van der Waals surface area contributed by atoms with Crippen molar-refractivity contribution in [2.24, 2.45) is 0 Å². The van der Waals surface area contributed by atoms with Gasteiger partial charge >= 0.3 is 0 Å². The number of ketones is 1. The molecule has 0 atom stereocenters. The van der Waals surface area contributed by atoms with Crippen LogP contribution in [-0.2, 0) is 10.2 Å². The number of hydrogen-bond acceptors (Lipinski definition) is 3. The number of amides is 1. The van der Waals surface area contributed by atoms with Gasteiger partial charge in [0, 0.05) is 18.7 Å². The zero-order valence-electron chi connectivity index (χ0n) is 12.9. The quantitative estimate of drug-likeness (QED) is 0.670. The Morgan fingerprint density at radius 3 is 2.10 bits per heavy atom. The van der Waals surface area contributed by atoms with E-state index in [1.165, 1.54) is 4.90 Å². The van der Waals surface area contributed by atoms with Gasteiger partial charge in [0.05, 0.1) is 6.10 Å². The van der Waals surface area contributed by atoms with Crippen LogP contribution < -0.4 is 0 Å². The highest BCUT2D eigenvalue weighted by Crippen LogP contribution is 2.22. The summed E-state index contributed by atoms with van der Waals surface area (Å²) in [6.45, 7) is 7.22. The van der Waals surface area contributed by atoms with Crippen molar-refractivity contribution in [1.82, 2.24) is 4.90 Å². The van der Waals surface area contributed by atoms with Gasteiger partial charge in [-0.15, -0.1) is 0 Å². The second-order valence-corrected chi connectivity index (χ2v) is 6.68. The first-order valence-corrected chi connectivity index (χ1v) is 7.41. The van der Waals surface area contributed by atoms with E-state index < -0.39 is 11.7 Å². The average molecular weight is 289 g/mol. The molecule has 0 saturated carbocycles. The summed E-state index contributed by atoms with van der Waals surface area (Å²) in [7, 11) is 0. The lowest BCUT2D eigenvalue weighted by atomic mass is 9.86. The van der Waals surface area contributed by atoms with Crippen LogP contribution in [0, 0.1) is 0 Å². The van der Waals surface area contributed by atoms with Crippen LogP contribution >= 0.6 is 0 Å². The van der Waals surface area contributed by atoms with Crippen molar-refractivity contribution >= 4 is 11.7 Å². The molecule has 1 amide bonds. The molecule has 0 unspecified atom stereocenters. The fraction of sp³-hybridized carbons (Fsp3) is 0.529. The van der Waals surface area contributed by atoms with Gasteiger partial charge in [0.15, 0.2) is 0 Å². The molecule has 0 radical (unpaired) electrons. The number of carbonyl (C=O) groups is 2. The Hall–Kier alpha value is -1.68. The molecule has 1 aliphatic rings. The summed E-state index contributed by atoms with van der Waals surface area (Å²) < 4.78 is 0. The number of hydrogen-bond donors (Lipinski definition) is 1. The smallest absolute Gasteiger partial charge is 0.294 e. The lowest BCUT2D eigenvalue weighted by Crippen LogP contribution is -2.43. The molecular weight excluding hydrogens is 266 g/mol. The maximum atomic E-state index is 12.2. The van der Waals surface area contributed by atoms with Crippen LogP contribution in [0.3, 0.4) is 0 Å². The molecule has 4 nitrogen and oxygen atoms in total. The molecule has 0 spiro atoms. The van der Waals surface area contributed by atoms with Crippen LogP contribution in [0.2, 0.25) is 0 Å². The molecule has 1 heterocycles. The lowest BCUT2D eigenvalue weighted by Gasteiger charge is -2.29. The molecule has 1 aliphatic heterocycles. The van der Waals surface area contributed by atoms with Gasteiger partial charge in [-0.1, -0.05) is 45.0 Å². The zero-order chi connectivity index (χ0) is 15.6. The van der Waals surface area contributed by atoms with Crippen LogP contribution in [0.5, 0.6) is 0 Å². The van der Waals surface area contributed by atoms with Crippen LogP contribution in [0.4, 0.5) is 0 Å². The molecule has 4 heteroatoms. The predicted molar refractivity (Wildman–Crippen MR) is 81.3 cm³/mol. The molecule has 1 saturated heterocycles. The van der Waals surface area contributed by atoms with E-state index in [0.717, 1.165) is 5.56 Å². The molecule has 1 N–H and O–H groups in total. The Bertz CT molecular complexity index is 520. The molecule has 1 aromatic carbocycles. The molecule has 1 aromatic rings. The highest BCUT2D eigenvalue weighted by atomic mass is 16.3. The van der Waals surface area contributed by atoms with E-state index >= 15 is 0 Å². The molecular formula is C17H23NO3. The van der Waals surface area contributed by atoms with Gasteiger partial charge in [-0.2, -0.15) is 0 Å². The number of carbonyl (C=O) groups excluding carboxylic acids is 2.